The predicted molar refractivity (Wildman–Crippen MR) is 63.4 cm³/mol. The first-order chi connectivity index (χ1) is 8.20. The minimum Gasteiger partial charge on any atom is -0.381 e. The van der Waals surface area contributed by atoms with Crippen LogP contribution in [0.15, 0.2) is 18.2 Å². The molecule has 3 nitrogen and oxygen atoms in total. The molecule has 17 heavy (non-hydrogen) atoms. The van der Waals surface area contributed by atoms with Crippen LogP contribution in [-0.4, -0.2) is 26.3 Å². The fourth-order valence-corrected chi connectivity index (χ4v) is 2.13. The van der Waals surface area contributed by atoms with E-state index in [2.05, 4.69) is 0 Å². The van der Waals surface area contributed by atoms with E-state index in [1.54, 1.807) is 6.07 Å². The van der Waals surface area contributed by atoms with Crippen molar-refractivity contribution < 1.29 is 9.13 Å². The SMILES string of the molecule is CN(c1cc(F)cc(C#N)c1)C1CCOCC1. The second kappa shape index (κ2) is 5.15. The van der Waals surface area contributed by atoms with E-state index in [-0.39, 0.29) is 5.82 Å². The highest BCUT2D eigenvalue weighted by Crippen LogP contribution is 2.23. The first-order valence-electron chi connectivity index (χ1n) is 5.72. The van der Waals surface area contributed by atoms with E-state index in [0.717, 1.165) is 31.7 Å². The number of nitrogens with zero attached hydrogens (tertiary/aromatic N) is 2. The topological polar surface area (TPSA) is 36.3 Å². The average Bonchev–Trinajstić information content (AvgIpc) is 2.38. The van der Waals surface area contributed by atoms with Crippen molar-refractivity contribution in [3.63, 3.8) is 0 Å². The molecule has 0 atom stereocenters. The predicted octanol–water partition coefficient (Wildman–Crippen LogP) is 2.31. The van der Waals surface area contributed by atoms with E-state index in [0.29, 0.717) is 11.6 Å². The van der Waals surface area contributed by atoms with Gasteiger partial charge in [-0.05, 0) is 31.0 Å². The van der Waals surface area contributed by atoms with Crippen LogP contribution in [0.1, 0.15) is 18.4 Å². The summed E-state index contributed by atoms with van der Waals surface area (Å²) in [6.45, 7) is 1.49. The van der Waals surface area contributed by atoms with Gasteiger partial charge in [-0.15, -0.1) is 0 Å². The Hall–Kier alpha value is -1.60. The standard InChI is InChI=1S/C13H15FN2O/c1-16(12-2-4-17-5-3-12)13-7-10(9-15)6-11(14)8-13/h6-8,12H,2-5H2,1H3. The molecule has 2 rings (SSSR count). The third kappa shape index (κ3) is 2.75. The third-order valence-electron chi connectivity index (χ3n) is 3.16. The fourth-order valence-electron chi connectivity index (χ4n) is 2.13. The van der Waals surface area contributed by atoms with Gasteiger partial charge in [-0.25, -0.2) is 4.39 Å². The Kier molecular flexibility index (Phi) is 3.60. The van der Waals surface area contributed by atoms with E-state index >= 15 is 0 Å². The zero-order valence-corrected chi connectivity index (χ0v) is 9.82. The van der Waals surface area contributed by atoms with Crippen molar-refractivity contribution in [2.45, 2.75) is 18.9 Å². The van der Waals surface area contributed by atoms with Crippen molar-refractivity contribution in [1.29, 1.82) is 5.26 Å². The molecule has 0 amide bonds. The van der Waals surface area contributed by atoms with E-state index < -0.39 is 0 Å². The molecule has 0 radical (unpaired) electrons. The fraction of sp³-hybridized carbons (Fsp3) is 0.462. The highest BCUT2D eigenvalue weighted by Gasteiger charge is 2.19. The van der Waals surface area contributed by atoms with Gasteiger partial charge in [-0.3, -0.25) is 0 Å². The number of halogens is 1. The van der Waals surface area contributed by atoms with Gasteiger partial charge >= 0.3 is 0 Å². The monoisotopic (exact) mass is 234 g/mol. The van der Waals surface area contributed by atoms with Crippen molar-refractivity contribution in [1.82, 2.24) is 0 Å². The van der Waals surface area contributed by atoms with Crippen LogP contribution in [0.5, 0.6) is 0 Å². The summed E-state index contributed by atoms with van der Waals surface area (Å²) in [6.07, 6.45) is 1.88. The minimum atomic E-state index is -0.363. The van der Waals surface area contributed by atoms with Gasteiger partial charge in [0.25, 0.3) is 0 Å². The van der Waals surface area contributed by atoms with Crippen molar-refractivity contribution in [3.8, 4) is 6.07 Å². The van der Waals surface area contributed by atoms with Crippen molar-refractivity contribution in [2.75, 3.05) is 25.2 Å². The van der Waals surface area contributed by atoms with E-state index in [9.17, 15) is 4.39 Å². The molecule has 90 valence electrons. The van der Waals surface area contributed by atoms with Gasteiger partial charge in [-0.1, -0.05) is 0 Å². The highest BCUT2D eigenvalue weighted by atomic mass is 19.1. The van der Waals surface area contributed by atoms with Crippen LogP contribution in [0.3, 0.4) is 0 Å². The summed E-state index contributed by atoms with van der Waals surface area (Å²) < 4.78 is 18.6. The summed E-state index contributed by atoms with van der Waals surface area (Å²) in [5, 5.41) is 8.82. The van der Waals surface area contributed by atoms with E-state index in [1.165, 1.54) is 12.1 Å². The van der Waals surface area contributed by atoms with Crippen LogP contribution < -0.4 is 4.90 Å². The van der Waals surface area contributed by atoms with E-state index in [4.69, 9.17) is 10.00 Å². The molecular formula is C13H15FN2O. The quantitative estimate of drug-likeness (QED) is 0.787. The number of hydrogen-bond donors (Lipinski definition) is 0. The molecule has 1 heterocycles. The normalized spacial score (nSPS) is 16.5. The summed E-state index contributed by atoms with van der Waals surface area (Å²) >= 11 is 0. The van der Waals surface area contributed by atoms with Crippen LogP contribution in [0.25, 0.3) is 0 Å². The van der Waals surface area contributed by atoms with E-state index in [1.807, 2.05) is 18.0 Å². The number of hydrogen-bond acceptors (Lipinski definition) is 3. The highest BCUT2D eigenvalue weighted by molar-refractivity contribution is 5.52. The van der Waals surface area contributed by atoms with Gasteiger partial charge in [0.15, 0.2) is 0 Å². The molecule has 0 aromatic heterocycles. The van der Waals surface area contributed by atoms with Crippen LogP contribution in [0.4, 0.5) is 10.1 Å². The Balaban J connectivity index is 2.20. The number of anilines is 1. The largest absolute Gasteiger partial charge is 0.381 e. The second-order valence-electron chi connectivity index (χ2n) is 4.26. The van der Waals surface area contributed by atoms with Crippen molar-refractivity contribution >= 4 is 5.69 Å². The Labute approximate surface area is 100 Å². The lowest BCUT2D eigenvalue weighted by Gasteiger charge is -2.33. The first kappa shape index (κ1) is 11.9. The van der Waals surface area contributed by atoms with Crippen molar-refractivity contribution in [2.24, 2.45) is 0 Å². The number of benzene rings is 1. The average molecular weight is 234 g/mol. The molecule has 0 N–H and O–H groups in total. The molecule has 0 unspecified atom stereocenters. The van der Waals surface area contributed by atoms with Crippen LogP contribution >= 0.6 is 0 Å². The van der Waals surface area contributed by atoms with Gasteiger partial charge in [0.1, 0.15) is 5.82 Å². The molecule has 1 saturated heterocycles. The molecule has 1 fully saturated rings. The maximum Gasteiger partial charge on any atom is 0.126 e. The van der Waals surface area contributed by atoms with Crippen molar-refractivity contribution in [3.05, 3.63) is 29.6 Å². The summed E-state index contributed by atoms with van der Waals surface area (Å²) in [4.78, 5) is 2.03. The molecule has 0 aliphatic carbocycles. The summed E-state index contributed by atoms with van der Waals surface area (Å²) in [5.74, 6) is -0.363. The van der Waals surface area contributed by atoms with Gasteiger partial charge in [0.2, 0.25) is 0 Å². The number of nitriles is 1. The molecule has 1 aromatic rings. The molecule has 0 saturated carbocycles. The Morgan fingerprint density at radius 3 is 2.71 bits per heavy atom. The molecule has 1 aliphatic rings. The van der Waals surface area contributed by atoms with Gasteiger partial charge < -0.3 is 9.64 Å². The maximum atomic E-state index is 13.3. The second-order valence-corrected chi connectivity index (χ2v) is 4.26. The smallest absolute Gasteiger partial charge is 0.126 e. The Morgan fingerprint density at radius 1 is 1.35 bits per heavy atom. The molecular weight excluding hydrogens is 219 g/mol. The van der Waals surface area contributed by atoms with Gasteiger partial charge in [-0.2, -0.15) is 5.26 Å². The third-order valence-corrected chi connectivity index (χ3v) is 3.16. The summed E-state index contributed by atoms with van der Waals surface area (Å²) in [6, 6.07) is 6.77. The lowest BCUT2D eigenvalue weighted by Crippen LogP contribution is -2.36. The molecule has 0 bridgehead atoms. The zero-order valence-electron chi connectivity index (χ0n) is 9.82. The zero-order chi connectivity index (χ0) is 12.3. The van der Waals surface area contributed by atoms with Crippen LogP contribution in [0, 0.1) is 17.1 Å². The molecule has 1 aliphatic heterocycles. The van der Waals surface area contributed by atoms with Gasteiger partial charge in [0.05, 0.1) is 11.6 Å². The van der Waals surface area contributed by atoms with Crippen LogP contribution in [-0.2, 0) is 4.74 Å². The first-order valence-corrected chi connectivity index (χ1v) is 5.72. The molecule has 4 heteroatoms. The Morgan fingerprint density at radius 2 is 2.06 bits per heavy atom. The number of ether oxygens (including phenoxy) is 1. The Bertz CT molecular complexity index is 436. The molecule has 1 aromatic carbocycles. The van der Waals surface area contributed by atoms with Crippen LogP contribution in [0.2, 0.25) is 0 Å². The minimum absolute atomic E-state index is 0.358. The lowest BCUT2D eigenvalue weighted by atomic mass is 10.1. The number of rotatable bonds is 2. The lowest BCUT2D eigenvalue weighted by molar-refractivity contribution is 0.0855. The molecule has 0 spiro atoms. The summed E-state index contributed by atoms with van der Waals surface area (Å²) in [7, 11) is 1.94. The summed E-state index contributed by atoms with van der Waals surface area (Å²) in [5.41, 5.74) is 1.12. The maximum absolute atomic E-state index is 13.3. The van der Waals surface area contributed by atoms with Gasteiger partial charge in [0, 0.05) is 32.0 Å².